The summed E-state index contributed by atoms with van der Waals surface area (Å²) < 4.78 is 0. The van der Waals surface area contributed by atoms with Crippen LogP contribution in [-0.4, -0.2) is 21.8 Å². The van der Waals surface area contributed by atoms with Crippen molar-refractivity contribution in [2.24, 2.45) is 0 Å². The van der Waals surface area contributed by atoms with E-state index in [1.54, 1.807) is 18.2 Å². The third-order valence-electron chi connectivity index (χ3n) is 2.78. The van der Waals surface area contributed by atoms with Crippen LogP contribution in [0.15, 0.2) is 42.5 Å². The molecule has 0 aliphatic heterocycles. The lowest BCUT2D eigenvalue weighted by Crippen LogP contribution is -2.08. The number of phenolic OH excluding ortho intramolecular Hbond substituents is 2. The highest BCUT2D eigenvalue weighted by Crippen LogP contribution is 2.26. The van der Waals surface area contributed by atoms with E-state index in [4.69, 9.17) is 0 Å². The average molecular weight is 256 g/mol. The van der Waals surface area contributed by atoms with Crippen LogP contribution in [0.25, 0.3) is 0 Å². The molecule has 0 bridgehead atoms. The molecular weight excluding hydrogens is 244 g/mol. The summed E-state index contributed by atoms with van der Waals surface area (Å²) in [5, 5.41) is 18.9. The van der Waals surface area contributed by atoms with Gasteiger partial charge in [0.2, 0.25) is 0 Å². The highest BCUT2D eigenvalue weighted by atomic mass is 16.3. The Morgan fingerprint density at radius 2 is 1.53 bits per heavy atom. The second-order valence-electron chi connectivity index (χ2n) is 4.13. The molecule has 0 aliphatic carbocycles. The van der Waals surface area contributed by atoms with E-state index in [-0.39, 0.29) is 28.4 Å². The molecule has 0 heterocycles. The Bertz CT molecular complexity index is 659. The largest absolute Gasteiger partial charge is 0.508 e. The van der Waals surface area contributed by atoms with Gasteiger partial charge in [-0.25, -0.2) is 0 Å². The lowest BCUT2D eigenvalue weighted by molar-refractivity contribution is 0.0989. The number of rotatable bonds is 3. The predicted molar refractivity (Wildman–Crippen MR) is 69.7 cm³/mol. The van der Waals surface area contributed by atoms with Gasteiger partial charge < -0.3 is 10.2 Å². The number of ketones is 2. The summed E-state index contributed by atoms with van der Waals surface area (Å²) in [4.78, 5) is 23.8. The van der Waals surface area contributed by atoms with E-state index in [2.05, 4.69) is 0 Å². The van der Waals surface area contributed by atoms with Gasteiger partial charge >= 0.3 is 0 Å². The number of aromatic hydroxyl groups is 2. The van der Waals surface area contributed by atoms with Crippen molar-refractivity contribution in [3.05, 3.63) is 59.2 Å². The Balaban J connectivity index is 2.53. The molecule has 0 aromatic heterocycles. The minimum absolute atomic E-state index is 0.0477. The first-order valence-electron chi connectivity index (χ1n) is 5.67. The van der Waals surface area contributed by atoms with Crippen molar-refractivity contribution < 1.29 is 19.8 Å². The maximum Gasteiger partial charge on any atom is 0.197 e. The molecule has 0 unspecified atom stereocenters. The summed E-state index contributed by atoms with van der Waals surface area (Å²) in [7, 11) is 0. The molecule has 2 N–H and O–H groups in total. The van der Waals surface area contributed by atoms with Crippen LogP contribution in [0, 0.1) is 0 Å². The Kier molecular flexibility index (Phi) is 3.33. The molecule has 4 nitrogen and oxygen atoms in total. The summed E-state index contributed by atoms with van der Waals surface area (Å²) in [5.74, 6) is -1.12. The molecule has 19 heavy (non-hydrogen) atoms. The molecule has 2 rings (SSSR count). The van der Waals surface area contributed by atoms with Crippen LogP contribution in [0.3, 0.4) is 0 Å². The van der Waals surface area contributed by atoms with Gasteiger partial charge in [-0.15, -0.1) is 0 Å². The highest BCUT2D eigenvalue weighted by Gasteiger charge is 2.18. The molecule has 0 fully saturated rings. The van der Waals surface area contributed by atoms with Crippen LogP contribution < -0.4 is 0 Å². The van der Waals surface area contributed by atoms with Gasteiger partial charge in [0, 0.05) is 17.2 Å². The van der Waals surface area contributed by atoms with Crippen LogP contribution in [0.5, 0.6) is 11.5 Å². The van der Waals surface area contributed by atoms with E-state index in [0.29, 0.717) is 5.56 Å². The number of carbonyl (C=O) groups excluding carboxylic acids is 2. The smallest absolute Gasteiger partial charge is 0.197 e. The van der Waals surface area contributed by atoms with Crippen molar-refractivity contribution in [1.29, 1.82) is 0 Å². The van der Waals surface area contributed by atoms with Crippen molar-refractivity contribution in [2.75, 3.05) is 0 Å². The SMILES string of the molecule is CC(=O)c1ccccc1C(=O)c1ccc(O)cc1O. The van der Waals surface area contributed by atoms with Gasteiger partial charge in [-0.3, -0.25) is 9.59 Å². The van der Waals surface area contributed by atoms with E-state index < -0.39 is 5.78 Å². The molecule has 0 saturated heterocycles. The van der Waals surface area contributed by atoms with Gasteiger partial charge in [-0.1, -0.05) is 24.3 Å². The van der Waals surface area contributed by atoms with Gasteiger partial charge in [-0.05, 0) is 19.1 Å². The molecule has 0 aliphatic rings. The van der Waals surface area contributed by atoms with E-state index in [1.165, 1.54) is 25.1 Å². The van der Waals surface area contributed by atoms with Crippen LogP contribution in [-0.2, 0) is 0 Å². The van der Waals surface area contributed by atoms with Gasteiger partial charge in [-0.2, -0.15) is 0 Å². The summed E-state index contributed by atoms with van der Waals surface area (Å²) in [5.41, 5.74) is 0.586. The number of benzene rings is 2. The van der Waals surface area contributed by atoms with E-state index in [1.807, 2.05) is 0 Å². The Morgan fingerprint density at radius 1 is 0.895 bits per heavy atom. The first-order valence-corrected chi connectivity index (χ1v) is 5.67. The minimum atomic E-state index is -0.455. The van der Waals surface area contributed by atoms with Gasteiger partial charge in [0.15, 0.2) is 11.6 Å². The van der Waals surface area contributed by atoms with E-state index >= 15 is 0 Å². The normalized spacial score (nSPS) is 10.2. The molecule has 0 spiro atoms. The van der Waals surface area contributed by atoms with Crippen molar-refractivity contribution >= 4 is 11.6 Å². The van der Waals surface area contributed by atoms with E-state index in [9.17, 15) is 19.8 Å². The molecule has 96 valence electrons. The number of hydrogen-bond donors (Lipinski definition) is 2. The average Bonchev–Trinajstić information content (AvgIpc) is 2.38. The molecule has 0 radical (unpaired) electrons. The van der Waals surface area contributed by atoms with Crippen molar-refractivity contribution in [3.63, 3.8) is 0 Å². The molecule has 4 heteroatoms. The standard InChI is InChI=1S/C15H12O4/c1-9(16)11-4-2-3-5-12(11)15(19)13-7-6-10(17)8-14(13)18/h2-8,17-18H,1H3. The van der Waals surface area contributed by atoms with Crippen molar-refractivity contribution in [1.82, 2.24) is 0 Å². The lowest BCUT2D eigenvalue weighted by atomic mass is 9.96. The van der Waals surface area contributed by atoms with Crippen LogP contribution >= 0.6 is 0 Å². The van der Waals surface area contributed by atoms with Crippen LogP contribution in [0.2, 0.25) is 0 Å². The number of carbonyl (C=O) groups is 2. The number of hydrogen-bond acceptors (Lipinski definition) is 4. The first kappa shape index (κ1) is 12.8. The topological polar surface area (TPSA) is 74.6 Å². The molecule has 0 amide bonds. The quantitative estimate of drug-likeness (QED) is 0.827. The zero-order valence-electron chi connectivity index (χ0n) is 10.3. The van der Waals surface area contributed by atoms with Crippen LogP contribution in [0.1, 0.15) is 33.2 Å². The Hall–Kier alpha value is -2.62. The fourth-order valence-electron chi connectivity index (χ4n) is 1.85. The fraction of sp³-hybridized carbons (Fsp3) is 0.0667. The van der Waals surface area contributed by atoms with Crippen molar-refractivity contribution in [2.45, 2.75) is 6.92 Å². The minimum Gasteiger partial charge on any atom is -0.508 e. The predicted octanol–water partition coefficient (Wildman–Crippen LogP) is 2.53. The Labute approximate surface area is 109 Å². The maximum atomic E-state index is 12.3. The molecule has 2 aromatic rings. The van der Waals surface area contributed by atoms with E-state index in [0.717, 1.165) is 6.07 Å². The van der Waals surface area contributed by atoms with Crippen LogP contribution in [0.4, 0.5) is 0 Å². The molecule has 0 atom stereocenters. The van der Waals surface area contributed by atoms with Gasteiger partial charge in [0.1, 0.15) is 11.5 Å². The monoisotopic (exact) mass is 256 g/mol. The highest BCUT2D eigenvalue weighted by molar-refractivity contribution is 6.16. The zero-order chi connectivity index (χ0) is 14.0. The Morgan fingerprint density at radius 3 is 2.11 bits per heavy atom. The molecule has 0 saturated carbocycles. The maximum absolute atomic E-state index is 12.3. The third-order valence-corrected chi connectivity index (χ3v) is 2.78. The summed E-state index contributed by atoms with van der Waals surface area (Å²) >= 11 is 0. The number of phenols is 2. The summed E-state index contributed by atoms with van der Waals surface area (Å²) in [6.07, 6.45) is 0. The molecular formula is C15H12O4. The third kappa shape index (κ3) is 2.47. The zero-order valence-corrected chi connectivity index (χ0v) is 10.3. The number of Topliss-reactive ketones (excluding diaryl/α,β-unsaturated/α-hetero) is 1. The summed E-state index contributed by atoms with van der Waals surface area (Å²) in [6, 6.07) is 10.1. The summed E-state index contributed by atoms with van der Waals surface area (Å²) in [6.45, 7) is 1.38. The fourth-order valence-corrected chi connectivity index (χ4v) is 1.85. The second-order valence-corrected chi connectivity index (χ2v) is 4.13. The second kappa shape index (κ2) is 4.94. The first-order chi connectivity index (χ1) is 9.00. The van der Waals surface area contributed by atoms with Gasteiger partial charge in [0.25, 0.3) is 0 Å². The van der Waals surface area contributed by atoms with Gasteiger partial charge in [0.05, 0.1) is 5.56 Å². The van der Waals surface area contributed by atoms with Crippen molar-refractivity contribution in [3.8, 4) is 11.5 Å². The lowest BCUT2D eigenvalue weighted by Gasteiger charge is -2.07. The molecule has 2 aromatic carbocycles.